The van der Waals surface area contributed by atoms with E-state index in [4.69, 9.17) is 4.74 Å². The highest BCUT2D eigenvalue weighted by Crippen LogP contribution is 2.30. The van der Waals surface area contributed by atoms with Crippen LogP contribution in [-0.4, -0.2) is 59.0 Å². The van der Waals surface area contributed by atoms with Crippen LogP contribution in [0.25, 0.3) is 11.0 Å². The lowest BCUT2D eigenvalue weighted by molar-refractivity contribution is -0.138. The Morgan fingerprint density at radius 2 is 1.93 bits per heavy atom. The van der Waals surface area contributed by atoms with Crippen LogP contribution in [0.5, 0.6) is 0 Å². The number of ether oxygens (including phenoxy) is 2. The maximum Gasteiger partial charge on any atom is 0.410 e. The SMILES string of the molecule is COC(=O)CNn1c(C)nc2cc(C3CCN(C(=O)OC(C)(C)C)CC3)ccc21. The molecule has 1 aliphatic heterocycles. The van der Waals surface area contributed by atoms with Crippen LogP contribution in [0.3, 0.4) is 0 Å². The quantitative estimate of drug-likeness (QED) is 0.791. The Morgan fingerprint density at radius 3 is 2.55 bits per heavy atom. The zero-order chi connectivity index (χ0) is 21.2. The molecule has 1 N–H and O–H groups in total. The maximum atomic E-state index is 12.3. The van der Waals surface area contributed by atoms with Crippen molar-refractivity contribution in [2.45, 2.75) is 52.1 Å². The van der Waals surface area contributed by atoms with E-state index in [9.17, 15) is 9.59 Å². The van der Waals surface area contributed by atoms with Gasteiger partial charge in [-0.3, -0.25) is 4.79 Å². The minimum atomic E-state index is -0.475. The fraction of sp³-hybridized carbons (Fsp3) is 0.571. The van der Waals surface area contributed by atoms with Crippen LogP contribution in [0.4, 0.5) is 4.79 Å². The summed E-state index contributed by atoms with van der Waals surface area (Å²) < 4.78 is 12.0. The van der Waals surface area contributed by atoms with Crippen LogP contribution < -0.4 is 5.43 Å². The van der Waals surface area contributed by atoms with E-state index in [0.29, 0.717) is 19.0 Å². The number of nitrogens with one attached hydrogen (secondary N) is 1. The number of hydrogen-bond acceptors (Lipinski definition) is 6. The van der Waals surface area contributed by atoms with Crippen molar-refractivity contribution in [1.82, 2.24) is 14.6 Å². The largest absolute Gasteiger partial charge is 0.468 e. The molecule has 0 saturated carbocycles. The number of carbonyl (C=O) groups excluding carboxylic acids is 2. The minimum Gasteiger partial charge on any atom is -0.468 e. The first-order valence-corrected chi connectivity index (χ1v) is 9.95. The molecule has 0 radical (unpaired) electrons. The zero-order valence-electron chi connectivity index (χ0n) is 17.8. The number of nitrogens with zero attached hydrogens (tertiary/aromatic N) is 3. The number of likely N-dealkylation sites (tertiary alicyclic amines) is 1. The number of benzene rings is 1. The van der Waals surface area contributed by atoms with Crippen molar-refractivity contribution in [2.24, 2.45) is 0 Å². The lowest BCUT2D eigenvalue weighted by Crippen LogP contribution is -2.41. The highest BCUT2D eigenvalue weighted by atomic mass is 16.6. The van der Waals surface area contributed by atoms with Gasteiger partial charge in [0.15, 0.2) is 0 Å². The van der Waals surface area contributed by atoms with Crippen LogP contribution >= 0.6 is 0 Å². The molecule has 0 unspecified atom stereocenters. The number of aryl methyl sites for hydroxylation is 1. The second kappa shape index (κ2) is 8.31. The van der Waals surface area contributed by atoms with Gasteiger partial charge >= 0.3 is 12.1 Å². The number of piperidine rings is 1. The monoisotopic (exact) mass is 402 g/mol. The molecule has 0 spiro atoms. The molecule has 158 valence electrons. The van der Waals surface area contributed by atoms with Crippen molar-refractivity contribution < 1.29 is 19.1 Å². The molecule has 0 atom stereocenters. The maximum absolute atomic E-state index is 12.3. The second-order valence-electron chi connectivity index (χ2n) is 8.40. The molecule has 0 bridgehead atoms. The van der Waals surface area contributed by atoms with E-state index in [2.05, 4.69) is 27.3 Å². The first kappa shape index (κ1) is 21.0. The summed E-state index contributed by atoms with van der Waals surface area (Å²) in [6.45, 7) is 8.99. The lowest BCUT2D eigenvalue weighted by Gasteiger charge is -2.33. The molecule has 2 heterocycles. The standard InChI is InChI=1S/C21H30N4O4/c1-14-23-17-12-16(6-7-18(17)25(14)22-13-19(26)28-5)15-8-10-24(11-9-15)20(27)29-21(2,3)4/h6-7,12,15,22H,8-11,13H2,1-5H3. The average Bonchev–Trinajstić information content (AvgIpc) is 2.99. The van der Waals surface area contributed by atoms with Gasteiger partial charge in [0.05, 0.1) is 18.1 Å². The molecule has 1 aromatic carbocycles. The van der Waals surface area contributed by atoms with E-state index in [1.807, 2.05) is 33.8 Å². The lowest BCUT2D eigenvalue weighted by atomic mass is 9.89. The van der Waals surface area contributed by atoms with Crippen LogP contribution in [0.15, 0.2) is 18.2 Å². The fourth-order valence-corrected chi connectivity index (χ4v) is 3.61. The predicted molar refractivity (Wildman–Crippen MR) is 110 cm³/mol. The van der Waals surface area contributed by atoms with E-state index in [0.717, 1.165) is 29.7 Å². The summed E-state index contributed by atoms with van der Waals surface area (Å²) in [7, 11) is 1.36. The average molecular weight is 402 g/mol. The van der Waals surface area contributed by atoms with E-state index in [1.54, 1.807) is 9.58 Å². The third kappa shape index (κ3) is 4.99. The number of methoxy groups -OCH3 is 1. The van der Waals surface area contributed by atoms with Gasteiger partial charge in [0.2, 0.25) is 0 Å². The molecule has 1 saturated heterocycles. The van der Waals surface area contributed by atoms with Crippen LogP contribution in [0, 0.1) is 6.92 Å². The van der Waals surface area contributed by atoms with Crippen molar-refractivity contribution in [3.05, 3.63) is 29.6 Å². The van der Waals surface area contributed by atoms with Gasteiger partial charge in [-0.05, 0) is 64.2 Å². The normalized spacial score (nSPS) is 15.4. The fourth-order valence-electron chi connectivity index (χ4n) is 3.61. The number of aromatic nitrogens is 2. The smallest absolute Gasteiger partial charge is 0.410 e. The second-order valence-corrected chi connectivity index (χ2v) is 8.40. The highest BCUT2D eigenvalue weighted by molar-refractivity contribution is 5.78. The summed E-state index contributed by atoms with van der Waals surface area (Å²) in [5.41, 5.74) is 5.59. The van der Waals surface area contributed by atoms with Gasteiger partial charge in [0.25, 0.3) is 0 Å². The first-order valence-electron chi connectivity index (χ1n) is 9.95. The van der Waals surface area contributed by atoms with E-state index >= 15 is 0 Å². The molecule has 0 aliphatic carbocycles. The van der Waals surface area contributed by atoms with Gasteiger partial charge in [-0.1, -0.05) is 6.07 Å². The number of imidazole rings is 1. The summed E-state index contributed by atoms with van der Waals surface area (Å²) >= 11 is 0. The first-order chi connectivity index (χ1) is 13.7. The third-order valence-corrected chi connectivity index (χ3v) is 5.07. The van der Waals surface area contributed by atoms with Crippen molar-refractivity contribution in [2.75, 3.05) is 32.2 Å². The highest BCUT2D eigenvalue weighted by Gasteiger charge is 2.27. The number of hydrogen-bond donors (Lipinski definition) is 1. The summed E-state index contributed by atoms with van der Waals surface area (Å²) in [6.07, 6.45) is 1.55. The predicted octanol–water partition coefficient (Wildman–Crippen LogP) is 3.18. The molecule has 29 heavy (non-hydrogen) atoms. The molecular weight excluding hydrogens is 372 g/mol. The van der Waals surface area contributed by atoms with Gasteiger partial charge < -0.3 is 19.8 Å². The van der Waals surface area contributed by atoms with Crippen molar-refractivity contribution in [3.8, 4) is 0 Å². The van der Waals surface area contributed by atoms with E-state index in [-0.39, 0.29) is 18.6 Å². The number of fused-ring (bicyclic) bond motifs is 1. The van der Waals surface area contributed by atoms with Crippen molar-refractivity contribution in [3.63, 3.8) is 0 Å². The van der Waals surface area contributed by atoms with Gasteiger partial charge in [0, 0.05) is 13.1 Å². The molecule has 8 nitrogen and oxygen atoms in total. The number of amides is 1. The van der Waals surface area contributed by atoms with Crippen LogP contribution in [-0.2, 0) is 14.3 Å². The Labute approximate surface area is 171 Å². The minimum absolute atomic E-state index is 0.0771. The zero-order valence-corrected chi connectivity index (χ0v) is 17.8. The van der Waals surface area contributed by atoms with Crippen molar-refractivity contribution in [1.29, 1.82) is 0 Å². The van der Waals surface area contributed by atoms with Gasteiger partial charge in [-0.25, -0.2) is 14.5 Å². The topological polar surface area (TPSA) is 85.7 Å². The molecule has 1 aromatic heterocycles. The Balaban J connectivity index is 1.67. The molecule has 8 heteroatoms. The van der Waals surface area contributed by atoms with Gasteiger partial charge in [0.1, 0.15) is 18.0 Å². The number of esters is 1. The van der Waals surface area contributed by atoms with Gasteiger partial charge in [-0.15, -0.1) is 0 Å². The summed E-state index contributed by atoms with van der Waals surface area (Å²) in [5.74, 6) is 0.826. The van der Waals surface area contributed by atoms with E-state index < -0.39 is 5.60 Å². The molecule has 1 aliphatic rings. The number of carbonyl (C=O) groups is 2. The van der Waals surface area contributed by atoms with Crippen LogP contribution in [0.2, 0.25) is 0 Å². The Morgan fingerprint density at radius 1 is 1.24 bits per heavy atom. The van der Waals surface area contributed by atoms with Crippen molar-refractivity contribution >= 4 is 23.1 Å². The van der Waals surface area contributed by atoms with Gasteiger partial charge in [-0.2, -0.15) is 0 Å². The Kier molecular flexibility index (Phi) is 6.00. The molecule has 1 amide bonds. The molecular formula is C21H30N4O4. The molecule has 2 aromatic rings. The molecule has 1 fully saturated rings. The number of rotatable bonds is 4. The summed E-state index contributed by atoms with van der Waals surface area (Å²) in [6, 6.07) is 6.23. The summed E-state index contributed by atoms with van der Waals surface area (Å²) in [5, 5.41) is 0. The van der Waals surface area contributed by atoms with Crippen LogP contribution in [0.1, 0.15) is 50.9 Å². The van der Waals surface area contributed by atoms with E-state index in [1.165, 1.54) is 12.7 Å². The molecule has 3 rings (SSSR count). The Bertz CT molecular complexity index is 892. The Hall–Kier alpha value is -2.77. The third-order valence-electron chi connectivity index (χ3n) is 5.07. The summed E-state index contributed by atoms with van der Waals surface area (Å²) in [4.78, 5) is 30.1.